The molecule has 2 unspecified atom stereocenters. The molecule has 0 N–H and O–H groups in total. The second-order valence-corrected chi connectivity index (χ2v) is 7.89. The maximum atomic E-state index is 9.35. The van der Waals surface area contributed by atoms with E-state index < -0.39 is 0 Å². The van der Waals surface area contributed by atoms with E-state index in [1.807, 2.05) is 18.2 Å². The van der Waals surface area contributed by atoms with Gasteiger partial charge in [0.1, 0.15) is 6.07 Å². The summed E-state index contributed by atoms with van der Waals surface area (Å²) in [6, 6.07) is 23.1. The molecule has 1 aliphatic carbocycles. The molecular formula is C24H17BrN2. The standard InChI is InChI=1S/C24H17BrN2/c1-14-9-17(13-27)23(25)11-21(14)24-19-6-4-3-5-18(19)15(2)22-10-16(12-26)7-8-20(22)24/h3-11,15,24H,1-2H3. The molecule has 0 saturated heterocycles. The van der Waals surface area contributed by atoms with Crippen molar-refractivity contribution in [2.45, 2.75) is 25.7 Å². The van der Waals surface area contributed by atoms with E-state index in [1.165, 1.54) is 27.8 Å². The van der Waals surface area contributed by atoms with Crippen molar-refractivity contribution in [1.29, 1.82) is 10.5 Å². The molecule has 0 aromatic heterocycles. The molecule has 0 amide bonds. The molecule has 2 nitrogen and oxygen atoms in total. The molecule has 27 heavy (non-hydrogen) atoms. The summed E-state index contributed by atoms with van der Waals surface area (Å²) in [5.74, 6) is 0.326. The minimum atomic E-state index is 0.0872. The van der Waals surface area contributed by atoms with Crippen LogP contribution < -0.4 is 0 Å². The molecule has 0 aliphatic heterocycles. The Morgan fingerprint density at radius 2 is 1.52 bits per heavy atom. The van der Waals surface area contributed by atoms with Crippen LogP contribution >= 0.6 is 15.9 Å². The number of hydrogen-bond acceptors (Lipinski definition) is 2. The van der Waals surface area contributed by atoms with Crippen molar-refractivity contribution < 1.29 is 0 Å². The summed E-state index contributed by atoms with van der Waals surface area (Å²) in [7, 11) is 0. The average molecular weight is 413 g/mol. The summed E-state index contributed by atoms with van der Waals surface area (Å²) in [5, 5.41) is 18.7. The number of benzene rings is 3. The molecule has 130 valence electrons. The van der Waals surface area contributed by atoms with Gasteiger partial charge in [0.2, 0.25) is 0 Å². The minimum absolute atomic E-state index is 0.0872. The molecule has 1 aliphatic rings. The molecule has 0 radical (unpaired) electrons. The van der Waals surface area contributed by atoms with Crippen LogP contribution in [0.1, 0.15) is 63.3 Å². The van der Waals surface area contributed by atoms with Gasteiger partial charge in [-0.3, -0.25) is 0 Å². The summed E-state index contributed by atoms with van der Waals surface area (Å²) in [4.78, 5) is 0. The van der Waals surface area contributed by atoms with Crippen molar-refractivity contribution in [2.75, 3.05) is 0 Å². The van der Waals surface area contributed by atoms with Gasteiger partial charge in [0.25, 0.3) is 0 Å². The second kappa shape index (κ2) is 6.69. The third-order valence-electron chi connectivity index (χ3n) is 5.55. The van der Waals surface area contributed by atoms with Gasteiger partial charge in [-0.2, -0.15) is 10.5 Å². The van der Waals surface area contributed by atoms with Crippen LogP contribution in [0, 0.1) is 29.6 Å². The first-order valence-corrected chi connectivity index (χ1v) is 9.67. The second-order valence-electron chi connectivity index (χ2n) is 7.04. The van der Waals surface area contributed by atoms with Gasteiger partial charge in [-0.25, -0.2) is 0 Å². The van der Waals surface area contributed by atoms with E-state index in [2.05, 4.69) is 78.3 Å². The lowest BCUT2D eigenvalue weighted by molar-refractivity contribution is 0.790. The van der Waals surface area contributed by atoms with Crippen molar-refractivity contribution in [1.82, 2.24) is 0 Å². The number of nitrogens with zero attached hydrogens (tertiary/aromatic N) is 2. The summed E-state index contributed by atoms with van der Waals surface area (Å²) < 4.78 is 0.817. The number of aryl methyl sites for hydroxylation is 1. The van der Waals surface area contributed by atoms with Crippen LogP contribution in [0.4, 0.5) is 0 Å². The fourth-order valence-electron chi connectivity index (χ4n) is 4.21. The van der Waals surface area contributed by atoms with Crippen molar-refractivity contribution in [3.8, 4) is 12.1 Å². The number of halogens is 1. The lowest BCUT2D eigenvalue weighted by atomic mass is 9.70. The van der Waals surface area contributed by atoms with E-state index in [-0.39, 0.29) is 11.8 Å². The van der Waals surface area contributed by atoms with E-state index in [0.717, 1.165) is 10.0 Å². The van der Waals surface area contributed by atoms with Crippen LogP contribution in [0.5, 0.6) is 0 Å². The molecule has 0 bridgehead atoms. The zero-order valence-electron chi connectivity index (χ0n) is 15.1. The number of nitriles is 2. The Labute approximate surface area is 167 Å². The maximum Gasteiger partial charge on any atom is 0.100 e. The van der Waals surface area contributed by atoms with Gasteiger partial charge in [0.05, 0.1) is 17.2 Å². The predicted octanol–water partition coefficient (Wildman–Crippen LogP) is 6.15. The minimum Gasteiger partial charge on any atom is -0.192 e. The lowest BCUT2D eigenvalue weighted by Gasteiger charge is -2.34. The van der Waals surface area contributed by atoms with Crippen molar-refractivity contribution in [2.24, 2.45) is 0 Å². The first-order chi connectivity index (χ1) is 13.0. The van der Waals surface area contributed by atoms with E-state index in [1.54, 1.807) is 0 Å². The van der Waals surface area contributed by atoms with Crippen molar-refractivity contribution >= 4 is 15.9 Å². The third kappa shape index (κ3) is 2.76. The van der Waals surface area contributed by atoms with E-state index in [0.29, 0.717) is 11.1 Å². The molecule has 0 saturated carbocycles. The highest BCUT2D eigenvalue weighted by Crippen LogP contribution is 2.47. The Morgan fingerprint density at radius 1 is 0.815 bits per heavy atom. The fourth-order valence-corrected chi connectivity index (χ4v) is 4.66. The van der Waals surface area contributed by atoms with Gasteiger partial charge < -0.3 is 0 Å². The average Bonchev–Trinajstić information content (AvgIpc) is 2.70. The Bertz CT molecular complexity index is 1150. The first kappa shape index (κ1) is 17.5. The number of rotatable bonds is 1. The van der Waals surface area contributed by atoms with Crippen LogP contribution in [-0.2, 0) is 0 Å². The van der Waals surface area contributed by atoms with Crippen molar-refractivity contribution in [3.05, 3.63) is 104 Å². The smallest absolute Gasteiger partial charge is 0.100 e. The highest BCUT2D eigenvalue weighted by atomic mass is 79.9. The first-order valence-electron chi connectivity index (χ1n) is 8.88. The molecule has 3 heteroatoms. The third-order valence-corrected chi connectivity index (χ3v) is 6.21. The van der Waals surface area contributed by atoms with E-state index in [9.17, 15) is 10.5 Å². The largest absolute Gasteiger partial charge is 0.192 e. The van der Waals surface area contributed by atoms with Gasteiger partial charge in [0.15, 0.2) is 0 Å². The highest BCUT2D eigenvalue weighted by Gasteiger charge is 2.32. The summed E-state index contributed by atoms with van der Waals surface area (Å²) in [6.45, 7) is 4.27. The Kier molecular flexibility index (Phi) is 4.34. The molecule has 0 heterocycles. The van der Waals surface area contributed by atoms with Gasteiger partial charge in [0, 0.05) is 16.3 Å². The Morgan fingerprint density at radius 3 is 2.22 bits per heavy atom. The Balaban J connectivity index is 2.03. The molecule has 4 rings (SSSR count). The lowest BCUT2D eigenvalue weighted by Crippen LogP contribution is -2.18. The molecule has 3 aromatic rings. The van der Waals surface area contributed by atoms with E-state index in [4.69, 9.17) is 0 Å². The van der Waals surface area contributed by atoms with Crippen LogP contribution in [0.2, 0.25) is 0 Å². The summed E-state index contributed by atoms with van der Waals surface area (Å²) in [5.41, 5.74) is 8.65. The normalized spacial score (nSPS) is 17.4. The van der Waals surface area contributed by atoms with Crippen LogP contribution in [0.3, 0.4) is 0 Å². The summed E-state index contributed by atoms with van der Waals surface area (Å²) in [6.07, 6.45) is 0. The SMILES string of the molecule is Cc1cc(C#N)c(Br)cc1C1c2ccccc2C(C)c2cc(C#N)ccc21. The van der Waals surface area contributed by atoms with Crippen LogP contribution in [-0.4, -0.2) is 0 Å². The van der Waals surface area contributed by atoms with Gasteiger partial charge >= 0.3 is 0 Å². The predicted molar refractivity (Wildman–Crippen MR) is 110 cm³/mol. The van der Waals surface area contributed by atoms with Crippen molar-refractivity contribution in [3.63, 3.8) is 0 Å². The number of fused-ring (bicyclic) bond motifs is 2. The number of hydrogen-bond donors (Lipinski definition) is 0. The topological polar surface area (TPSA) is 47.6 Å². The van der Waals surface area contributed by atoms with Crippen LogP contribution in [0.15, 0.2) is 59.1 Å². The molecule has 0 spiro atoms. The molecule has 2 atom stereocenters. The molecule has 3 aromatic carbocycles. The molecule has 0 fully saturated rings. The monoisotopic (exact) mass is 412 g/mol. The van der Waals surface area contributed by atoms with Gasteiger partial charge in [-0.15, -0.1) is 0 Å². The van der Waals surface area contributed by atoms with E-state index >= 15 is 0 Å². The molecular weight excluding hydrogens is 396 g/mol. The summed E-state index contributed by atoms with van der Waals surface area (Å²) >= 11 is 3.56. The quantitative estimate of drug-likeness (QED) is 0.481. The zero-order chi connectivity index (χ0) is 19.1. The van der Waals surface area contributed by atoms with Gasteiger partial charge in [-0.1, -0.05) is 37.3 Å². The van der Waals surface area contributed by atoms with Gasteiger partial charge in [-0.05, 0) is 80.5 Å². The zero-order valence-corrected chi connectivity index (χ0v) is 16.7. The Hall–Kier alpha value is -2.88. The fraction of sp³-hybridized carbons (Fsp3) is 0.167. The van der Waals surface area contributed by atoms with Crippen LogP contribution in [0.25, 0.3) is 0 Å². The highest BCUT2D eigenvalue weighted by molar-refractivity contribution is 9.10. The maximum absolute atomic E-state index is 9.35.